The van der Waals surface area contributed by atoms with Gasteiger partial charge in [-0.1, -0.05) is 54.6 Å². The van der Waals surface area contributed by atoms with Crippen LogP contribution in [0.1, 0.15) is 11.1 Å². The molecule has 3 aromatic rings. The number of hydrogen-bond donors (Lipinski definition) is 1. The number of nitrogens with zero attached hydrogens (tertiary/aromatic N) is 1. The van der Waals surface area contributed by atoms with Gasteiger partial charge in [0.1, 0.15) is 5.82 Å². The number of fused-ring (bicyclic) bond motifs is 1. The fourth-order valence-electron chi connectivity index (χ4n) is 2.93. The summed E-state index contributed by atoms with van der Waals surface area (Å²) in [5, 5.41) is 2.30. The van der Waals surface area contributed by atoms with Crippen molar-refractivity contribution >= 4 is 16.7 Å². The molecule has 2 N–H and O–H groups in total. The van der Waals surface area contributed by atoms with Crippen LogP contribution < -0.4 is 5.73 Å². The molecule has 1 unspecified atom stereocenters. The number of amides is 1. The summed E-state index contributed by atoms with van der Waals surface area (Å²) in [5.41, 5.74) is 8.03. The van der Waals surface area contributed by atoms with Crippen LogP contribution in [0.2, 0.25) is 0 Å². The van der Waals surface area contributed by atoms with Crippen molar-refractivity contribution in [2.24, 2.45) is 5.73 Å². The summed E-state index contributed by atoms with van der Waals surface area (Å²) in [6, 6.07) is 19.8. The summed E-state index contributed by atoms with van der Waals surface area (Å²) in [7, 11) is 1.71. The minimum atomic E-state index is -0.605. The van der Waals surface area contributed by atoms with Crippen molar-refractivity contribution in [3.05, 3.63) is 83.7 Å². The molecule has 0 spiro atoms. The van der Waals surface area contributed by atoms with Gasteiger partial charge in [-0.2, -0.15) is 0 Å². The number of benzene rings is 3. The molecule has 1 atom stereocenters. The van der Waals surface area contributed by atoms with E-state index >= 15 is 0 Å². The van der Waals surface area contributed by atoms with Gasteiger partial charge in [0.25, 0.3) is 0 Å². The lowest BCUT2D eigenvalue weighted by molar-refractivity contribution is -0.131. The highest BCUT2D eigenvalue weighted by Gasteiger charge is 2.18. The molecule has 0 aromatic heterocycles. The van der Waals surface area contributed by atoms with Gasteiger partial charge in [0.05, 0.1) is 6.04 Å². The van der Waals surface area contributed by atoms with Crippen LogP contribution >= 0.6 is 0 Å². The highest BCUT2D eigenvalue weighted by Crippen LogP contribution is 2.17. The smallest absolute Gasteiger partial charge is 0.239 e. The minimum Gasteiger partial charge on any atom is -0.340 e. The van der Waals surface area contributed by atoms with Crippen molar-refractivity contribution in [2.45, 2.75) is 19.0 Å². The van der Waals surface area contributed by atoms with Crippen molar-refractivity contribution in [2.75, 3.05) is 7.05 Å². The van der Waals surface area contributed by atoms with Crippen LogP contribution in [0.4, 0.5) is 4.39 Å². The van der Waals surface area contributed by atoms with E-state index in [0.717, 1.165) is 16.5 Å². The molecule has 0 radical (unpaired) electrons. The quantitative estimate of drug-likeness (QED) is 0.775. The zero-order valence-electron chi connectivity index (χ0n) is 14.2. The Hall–Kier alpha value is -2.72. The molecule has 0 bridgehead atoms. The van der Waals surface area contributed by atoms with E-state index < -0.39 is 6.04 Å². The third kappa shape index (κ3) is 4.22. The number of nitrogens with two attached hydrogens (primary N) is 1. The molecule has 0 aliphatic carbocycles. The Morgan fingerprint density at radius 2 is 1.64 bits per heavy atom. The zero-order chi connectivity index (χ0) is 17.8. The molecule has 128 valence electrons. The van der Waals surface area contributed by atoms with Crippen LogP contribution in [0.25, 0.3) is 10.8 Å². The Bertz CT molecular complexity index is 876. The van der Waals surface area contributed by atoms with E-state index in [1.54, 1.807) is 24.1 Å². The Kier molecular flexibility index (Phi) is 5.10. The van der Waals surface area contributed by atoms with Crippen LogP contribution in [0.15, 0.2) is 66.7 Å². The Balaban J connectivity index is 1.65. The molecule has 3 aromatic carbocycles. The maximum Gasteiger partial charge on any atom is 0.239 e. The van der Waals surface area contributed by atoms with Gasteiger partial charge in [-0.05, 0) is 40.5 Å². The molecule has 0 aliphatic rings. The van der Waals surface area contributed by atoms with E-state index in [9.17, 15) is 9.18 Å². The van der Waals surface area contributed by atoms with E-state index in [0.29, 0.717) is 13.0 Å². The molecule has 0 heterocycles. The second-order valence-electron chi connectivity index (χ2n) is 6.31. The molecule has 4 heteroatoms. The topological polar surface area (TPSA) is 46.3 Å². The molecule has 1 amide bonds. The predicted octanol–water partition coefficient (Wildman–Crippen LogP) is 3.51. The zero-order valence-corrected chi connectivity index (χ0v) is 14.2. The first kappa shape index (κ1) is 17.1. The van der Waals surface area contributed by atoms with Gasteiger partial charge in [0.2, 0.25) is 5.91 Å². The lowest BCUT2D eigenvalue weighted by Gasteiger charge is -2.21. The van der Waals surface area contributed by atoms with Crippen molar-refractivity contribution < 1.29 is 9.18 Å². The lowest BCUT2D eigenvalue weighted by atomic mass is 10.0. The molecular formula is C21H21FN2O. The number of carbonyl (C=O) groups excluding carboxylic acids is 1. The largest absolute Gasteiger partial charge is 0.340 e. The normalized spacial score (nSPS) is 12.1. The standard InChI is InChI=1S/C21H21FN2O/c1-24(14-15-7-10-19(22)11-8-15)21(25)20(23)13-16-6-9-17-4-2-3-5-18(17)12-16/h2-12,20H,13-14,23H2,1H3. The first-order valence-electron chi connectivity index (χ1n) is 8.25. The maximum atomic E-state index is 13.0. The van der Waals surface area contributed by atoms with Crippen LogP contribution in [-0.4, -0.2) is 23.9 Å². The highest BCUT2D eigenvalue weighted by molar-refractivity contribution is 5.84. The van der Waals surface area contributed by atoms with E-state index in [1.807, 2.05) is 30.3 Å². The molecule has 0 saturated carbocycles. The van der Waals surface area contributed by atoms with Crippen LogP contribution in [-0.2, 0) is 17.8 Å². The molecule has 0 aliphatic heterocycles. The first-order chi connectivity index (χ1) is 12.0. The van der Waals surface area contributed by atoms with E-state index in [-0.39, 0.29) is 11.7 Å². The van der Waals surface area contributed by atoms with E-state index in [2.05, 4.69) is 12.1 Å². The SMILES string of the molecule is CN(Cc1ccc(F)cc1)C(=O)C(N)Cc1ccc2ccccc2c1. The summed E-state index contributed by atoms with van der Waals surface area (Å²) >= 11 is 0. The number of carbonyl (C=O) groups is 1. The molecule has 3 rings (SSSR count). The van der Waals surface area contributed by atoms with Gasteiger partial charge in [-0.15, -0.1) is 0 Å². The van der Waals surface area contributed by atoms with Gasteiger partial charge in [-0.3, -0.25) is 4.79 Å². The molecule has 0 saturated heterocycles. The third-order valence-electron chi connectivity index (χ3n) is 4.30. The van der Waals surface area contributed by atoms with Gasteiger partial charge in [0.15, 0.2) is 0 Å². The fourth-order valence-corrected chi connectivity index (χ4v) is 2.93. The summed E-state index contributed by atoms with van der Waals surface area (Å²) in [4.78, 5) is 14.1. The second-order valence-corrected chi connectivity index (χ2v) is 6.31. The highest BCUT2D eigenvalue weighted by atomic mass is 19.1. The lowest BCUT2D eigenvalue weighted by Crippen LogP contribution is -2.42. The Morgan fingerprint density at radius 3 is 2.36 bits per heavy atom. The summed E-state index contributed by atoms with van der Waals surface area (Å²) in [6.45, 7) is 0.407. The number of halogens is 1. The Morgan fingerprint density at radius 1 is 1.00 bits per heavy atom. The number of likely N-dealkylation sites (N-methyl/N-ethyl adjacent to an activating group) is 1. The van der Waals surface area contributed by atoms with Gasteiger partial charge >= 0.3 is 0 Å². The maximum absolute atomic E-state index is 13.0. The number of hydrogen-bond acceptors (Lipinski definition) is 2. The van der Waals surface area contributed by atoms with Crippen molar-refractivity contribution in [1.29, 1.82) is 0 Å². The molecule has 25 heavy (non-hydrogen) atoms. The monoisotopic (exact) mass is 336 g/mol. The second kappa shape index (κ2) is 7.45. The summed E-state index contributed by atoms with van der Waals surface area (Å²) in [6.07, 6.45) is 0.484. The van der Waals surface area contributed by atoms with Crippen molar-refractivity contribution in [3.8, 4) is 0 Å². The average Bonchev–Trinajstić information content (AvgIpc) is 2.62. The summed E-state index contributed by atoms with van der Waals surface area (Å²) in [5.74, 6) is -0.414. The third-order valence-corrected chi connectivity index (χ3v) is 4.30. The molecule has 0 fully saturated rings. The van der Waals surface area contributed by atoms with Crippen molar-refractivity contribution in [1.82, 2.24) is 4.90 Å². The predicted molar refractivity (Wildman–Crippen MR) is 98.5 cm³/mol. The number of rotatable bonds is 5. The van der Waals surface area contributed by atoms with E-state index in [1.165, 1.54) is 17.5 Å². The molecular weight excluding hydrogens is 315 g/mol. The van der Waals surface area contributed by atoms with Crippen LogP contribution in [0.3, 0.4) is 0 Å². The Labute approximate surface area is 146 Å². The van der Waals surface area contributed by atoms with Gasteiger partial charge < -0.3 is 10.6 Å². The van der Waals surface area contributed by atoms with Crippen LogP contribution in [0, 0.1) is 5.82 Å². The first-order valence-corrected chi connectivity index (χ1v) is 8.25. The minimum absolute atomic E-state index is 0.127. The van der Waals surface area contributed by atoms with Gasteiger partial charge in [-0.25, -0.2) is 4.39 Å². The average molecular weight is 336 g/mol. The summed E-state index contributed by atoms with van der Waals surface area (Å²) < 4.78 is 13.0. The molecule has 3 nitrogen and oxygen atoms in total. The van der Waals surface area contributed by atoms with Gasteiger partial charge in [0, 0.05) is 13.6 Å². The van der Waals surface area contributed by atoms with E-state index in [4.69, 9.17) is 5.73 Å². The van der Waals surface area contributed by atoms with Crippen molar-refractivity contribution in [3.63, 3.8) is 0 Å². The van der Waals surface area contributed by atoms with Crippen LogP contribution in [0.5, 0.6) is 0 Å². The fraction of sp³-hybridized carbons (Fsp3) is 0.190.